The number of carbonyl (C=O) groups excluding carboxylic acids is 2. The zero-order valence-electron chi connectivity index (χ0n) is 19.2. The number of hydrogen-bond acceptors (Lipinski definition) is 8. The summed E-state index contributed by atoms with van der Waals surface area (Å²) in [4.78, 5) is 28.3. The summed E-state index contributed by atoms with van der Waals surface area (Å²) in [6, 6.07) is 6.35. The van der Waals surface area contributed by atoms with Gasteiger partial charge in [0.05, 0.1) is 11.5 Å². The largest absolute Gasteiger partial charge is 0.440 e. The molecule has 4 rings (SSSR count). The summed E-state index contributed by atoms with van der Waals surface area (Å²) in [7, 11) is 0.400. The predicted octanol–water partition coefficient (Wildman–Crippen LogP) is 1.38. The summed E-state index contributed by atoms with van der Waals surface area (Å²) in [6.07, 6.45) is -1.22. The normalized spacial score (nSPS) is 29.4. The highest BCUT2D eigenvalue weighted by atomic mass is 32.2. The molecule has 1 aromatic rings. The second-order valence-corrected chi connectivity index (χ2v) is 10.6. The van der Waals surface area contributed by atoms with Crippen molar-refractivity contribution in [1.29, 1.82) is 0 Å². The Labute approximate surface area is 193 Å². The average molecular weight is 483 g/mol. The fourth-order valence-electron chi connectivity index (χ4n) is 5.56. The van der Waals surface area contributed by atoms with Crippen molar-refractivity contribution in [1.82, 2.24) is 9.21 Å². The molecular weight excluding hydrogens is 452 g/mol. The van der Waals surface area contributed by atoms with Crippen molar-refractivity contribution in [3.63, 3.8) is 0 Å². The molecule has 1 aromatic carbocycles. The lowest BCUT2D eigenvalue weighted by molar-refractivity contribution is -0.148. The molecule has 0 saturated carbocycles. The number of methoxy groups -OCH3 is 3. The van der Waals surface area contributed by atoms with Crippen LogP contribution in [0.2, 0.25) is 0 Å². The van der Waals surface area contributed by atoms with Crippen LogP contribution in [-0.2, 0) is 33.8 Å². The van der Waals surface area contributed by atoms with E-state index in [0.717, 1.165) is 9.87 Å². The van der Waals surface area contributed by atoms with E-state index < -0.39 is 40.0 Å². The van der Waals surface area contributed by atoms with E-state index >= 15 is 0 Å². The van der Waals surface area contributed by atoms with Gasteiger partial charge in [-0.2, -0.15) is 0 Å². The quantitative estimate of drug-likeness (QED) is 0.511. The van der Waals surface area contributed by atoms with Gasteiger partial charge in [-0.25, -0.2) is 17.5 Å². The Hall–Kier alpha value is -2.21. The van der Waals surface area contributed by atoms with Crippen LogP contribution in [0.3, 0.4) is 0 Å². The molecule has 1 unspecified atom stereocenters. The number of sulfonamides is 1. The van der Waals surface area contributed by atoms with Crippen molar-refractivity contribution in [2.24, 2.45) is 11.8 Å². The van der Waals surface area contributed by atoms with E-state index in [1.54, 1.807) is 12.1 Å². The van der Waals surface area contributed by atoms with Crippen LogP contribution in [0.5, 0.6) is 0 Å². The van der Waals surface area contributed by atoms with E-state index in [9.17, 15) is 18.0 Å². The minimum absolute atomic E-state index is 0.0182. The van der Waals surface area contributed by atoms with E-state index in [1.165, 1.54) is 38.4 Å². The Kier molecular flexibility index (Phi) is 6.43. The van der Waals surface area contributed by atoms with Gasteiger partial charge in [-0.15, -0.1) is 0 Å². The highest BCUT2D eigenvalue weighted by Crippen LogP contribution is 2.53. The van der Waals surface area contributed by atoms with Gasteiger partial charge in [0, 0.05) is 46.8 Å². The summed E-state index contributed by atoms with van der Waals surface area (Å²) < 4.78 is 49.4. The van der Waals surface area contributed by atoms with Gasteiger partial charge in [0.25, 0.3) is 15.9 Å². The Bertz CT molecular complexity index is 1010. The number of carbonyl (C=O) groups is 2. The molecule has 3 aliphatic heterocycles. The zero-order chi connectivity index (χ0) is 24.0. The lowest BCUT2D eigenvalue weighted by Gasteiger charge is -2.45. The molecule has 0 bridgehead atoms. The van der Waals surface area contributed by atoms with E-state index in [-0.39, 0.29) is 36.4 Å². The Morgan fingerprint density at radius 1 is 1.15 bits per heavy atom. The summed E-state index contributed by atoms with van der Waals surface area (Å²) in [5, 5.41) is 0. The number of amides is 2. The SMILES string of the molecule is COC[C@@H]1OC(=O)N2CC(CC(OC)OC)[C@H]3CCN(S(=O)(=O)c4ccc(C)cc4)C(=O)[C@]132. The highest BCUT2D eigenvalue weighted by molar-refractivity contribution is 7.89. The van der Waals surface area contributed by atoms with Crippen LogP contribution < -0.4 is 0 Å². The van der Waals surface area contributed by atoms with Crippen molar-refractivity contribution in [2.75, 3.05) is 41.0 Å². The molecule has 3 fully saturated rings. The van der Waals surface area contributed by atoms with Gasteiger partial charge in [0.2, 0.25) is 0 Å². The molecule has 4 atom stereocenters. The lowest BCUT2D eigenvalue weighted by atomic mass is 9.71. The molecule has 33 heavy (non-hydrogen) atoms. The summed E-state index contributed by atoms with van der Waals surface area (Å²) in [6.45, 7) is 2.10. The number of cyclic esters (lactones) is 1. The van der Waals surface area contributed by atoms with Gasteiger partial charge < -0.3 is 18.9 Å². The monoisotopic (exact) mass is 482 g/mol. The Morgan fingerprint density at radius 3 is 2.42 bits per heavy atom. The molecule has 10 nitrogen and oxygen atoms in total. The molecule has 0 N–H and O–H groups in total. The first-order valence-electron chi connectivity index (χ1n) is 10.9. The molecule has 11 heteroatoms. The smallest absolute Gasteiger partial charge is 0.411 e. The van der Waals surface area contributed by atoms with E-state index in [1.807, 2.05) is 6.92 Å². The van der Waals surface area contributed by atoms with Gasteiger partial charge in [-0.1, -0.05) is 17.7 Å². The highest BCUT2D eigenvalue weighted by Gasteiger charge is 2.72. The van der Waals surface area contributed by atoms with Crippen molar-refractivity contribution < 1.29 is 37.0 Å². The first kappa shape index (κ1) is 23.9. The fraction of sp³-hybridized carbons (Fsp3) is 0.636. The number of ether oxygens (including phenoxy) is 4. The van der Waals surface area contributed by atoms with E-state index in [0.29, 0.717) is 12.8 Å². The van der Waals surface area contributed by atoms with Crippen molar-refractivity contribution >= 4 is 22.0 Å². The summed E-state index contributed by atoms with van der Waals surface area (Å²) in [5.74, 6) is -1.11. The fourth-order valence-corrected chi connectivity index (χ4v) is 7.01. The van der Waals surface area contributed by atoms with Crippen LogP contribution in [0.4, 0.5) is 4.79 Å². The van der Waals surface area contributed by atoms with Crippen molar-refractivity contribution in [3.05, 3.63) is 29.8 Å². The van der Waals surface area contributed by atoms with Crippen molar-refractivity contribution in [3.8, 4) is 0 Å². The second-order valence-electron chi connectivity index (χ2n) is 8.75. The van der Waals surface area contributed by atoms with Crippen molar-refractivity contribution in [2.45, 2.75) is 42.6 Å². The summed E-state index contributed by atoms with van der Waals surface area (Å²) >= 11 is 0. The Balaban J connectivity index is 1.76. The predicted molar refractivity (Wildman–Crippen MR) is 116 cm³/mol. The molecule has 0 radical (unpaired) electrons. The molecule has 1 spiro atoms. The van der Waals surface area contributed by atoms with Crippen LogP contribution >= 0.6 is 0 Å². The number of aryl methyl sites for hydroxylation is 1. The van der Waals surface area contributed by atoms with Crippen LogP contribution in [0.25, 0.3) is 0 Å². The number of benzene rings is 1. The van der Waals surface area contributed by atoms with Crippen LogP contribution in [0, 0.1) is 18.8 Å². The van der Waals surface area contributed by atoms with Gasteiger partial charge in [-0.05, 0) is 31.4 Å². The second kappa shape index (κ2) is 8.86. The standard InChI is InChI=1S/C22H30N2O8S/c1-14-5-7-16(8-6-14)33(27,28)24-10-9-17-15(11-19(30-3)31-4)12-23-21(26)32-18(13-29-2)22(17,23)20(24)25/h5-8,15,17-19H,9-13H2,1-4H3/t15?,17-,18+,22-/m1/s1. The van der Waals surface area contributed by atoms with Crippen LogP contribution in [-0.4, -0.2) is 88.6 Å². The lowest BCUT2D eigenvalue weighted by Crippen LogP contribution is -2.67. The zero-order valence-corrected chi connectivity index (χ0v) is 20.0. The molecule has 182 valence electrons. The molecule has 0 aliphatic carbocycles. The molecule has 3 saturated heterocycles. The maximum atomic E-state index is 14.1. The minimum atomic E-state index is -4.12. The van der Waals surface area contributed by atoms with E-state index in [2.05, 4.69) is 0 Å². The molecule has 2 amide bonds. The van der Waals surface area contributed by atoms with E-state index in [4.69, 9.17) is 18.9 Å². The third kappa shape index (κ3) is 3.61. The number of hydrogen-bond donors (Lipinski definition) is 0. The molecule has 3 aliphatic rings. The minimum Gasteiger partial charge on any atom is -0.440 e. The average Bonchev–Trinajstić information content (AvgIpc) is 3.26. The third-order valence-corrected chi connectivity index (χ3v) is 8.91. The van der Waals surface area contributed by atoms with Crippen LogP contribution in [0.1, 0.15) is 18.4 Å². The first-order chi connectivity index (χ1) is 15.7. The maximum absolute atomic E-state index is 14.1. The van der Waals surface area contributed by atoms with Gasteiger partial charge in [0.1, 0.15) is 0 Å². The maximum Gasteiger partial charge on any atom is 0.411 e. The Morgan fingerprint density at radius 2 is 1.82 bits per heavy atom. The third-order valence-electron chi connectivity index (χ3n) is 7.11. The van der Waals surface area contributed by atoms with Gasteiger partial charge in [-0.3, -0.25) is 9.69 Å². The number of piperidine rings is 1. The number of rotatable bonds is 8. The molecule has 0 aromatic heterocycles. The molecule has 3 heterocycles. The first-order valence-corrected chi connectivity index (χ1v) is 12.3. The molecular formula is C22H30N2O8S. The topological polar surface area (TPSA) is 112 Å². The van der Waals surface area contributed by atoms with Crippen LogP contribution in [0.15, 0.2) is 29.2 Å². The summed E-state index contributed by atoms with van der Waals surface area (Å²) in [5.41, 5.74) is -0.553. The number of nitrogens with zero attached hydrogens (tertiary/aromatic N) is 2. The van der Waals surface area contributed by atoms with Gasteiger partial charge >= 0.3 is 6.09 Å². The van der Waals surface area contributed by atoms with Gasteiger partial charge in [0.15, 0.2) is 17.9 Å².